The van der Waals surface area contributed by atoms with Crippen LogP contribution in [-0.2, 0) is 19.1 Å². The summed E-state index contributed by atoms with van der Waals surface area (Å²) in [7, 11) is 1.35. The molecule has 30 heavy (non-hydrogen) atoms. The van der Waals surface area contributed by atoms with E-state index in [2.05, 4.69) is 15.0 Å². The highest BCUT2D eigenvalue weighted by atomic mass is 16.5. The summed E-state index contributed by atoms with van der Waals surface area (Å²) in [6.07, 6.45) is 4.83. The van der Waals surface area contributed by atoms with Crippen LogP contribution in [-0.4, -0.2) is 80.2 Å². The predicted molar refractivity (Wildman–Crippen MR) is 110 cm³/mol. The molecular weight excluding hydrogens is 388 g/mol. The van der Waals surface area contributed by atoms with Gasteiger partial charge >= 0.3 is 5.97 Å². The van der Waals surface area contributed by atoms with Crippen molar-refractivity contribution in [2.75, 3.05) is 51.3 Å². The van der Waals surface area contributed by atoms with E-state index in [0.717, 1.165) is 19.4 Å². The number of piperazine rings is 1. The second kappa shape index (κ2) is 10.9. The maximum atomic E-state index is 12.7. The second-order valence-electron chi connectivity index (χ2n) is 7.52. The van der Waals surface area contributed by atoms with Gasteiger partial charge in [-0.1, -0.05) is 0 Å². The van der Waals surface area contributed by atoms with Crippen molar-refractivity contribution in [3.8, 4) is 0 Å². The third kappa shape index (κ3) is 5.91. The Labute approximate surface area is 176 Å². The van der Waals surface area contributed by atoms with Gasteiger partial charge in [-0.3, -0.25) is 14.4 Å². The van der Waals surface area contributed by atoms with Gasteiger partial charge in [-0.15, -0.1) is 0 Å². The van der Waals surface area contributed by atoms with E-state index >= 15 is 0 Å². The molecule has 1 N–H and O–H groups in total. The molecule has 0 unspecified atom stereocenters. The number of anilines is 1. The lowest BCUT2D eigenvalue weighted by Gasteiger charge is -2.36. The van der Waals surface area contributed by atoms with Gasteiger partial charge in [0, 0.05) is 58.4 Å². The molecule has 0 spiro atoms. The second-order valence-corrected chi connectivity index (χ2v) is 7.52. The molecule has 1 aromatic rings. The van der Waals surface area contributed by atoms with E-state index < -0.39 is 0 Å². The molecule has 0 bridgehead atoms. The molecule has 164 valence electrons. The van der Waals surface area contributed by atoms with Crippen LogP contribution >= 0.6 is 0 Å². The zero-order valence-corrected chi connectivity index (χ0v) is 17.5. The fourth-order valence-corrected chi connectivity index (χ4v) is 3.75. The summed E-state index contributed by atoms with van der Waals surface area (Å²) in [5.74, 6) is 0.220. The number of aromatic nitrogens is 1. The average Bonchev–Trinajstić information content (AvgIpc) is 3.31. The summed E-state index contributed by atoms with van der Waals surface area (Å²) >= 11 is 0. The molecule has 9 nitrogen and oxygen atoms in total. The summed E-state index contributed by atoms with van der Waals surface area (Å²) in [5.41, 5.74) is 0.536. The van der Waals surface area contributed by atoms with Gasteiger partial charge in [0.1, 0.15) is 5.82 Å². The van der Waals surface area contributed by atoms with Crippen LogP contribution in [0.2, 0.25) is 0 Å². The highest BCUT2D eigenvalue weighted by Crippen LogP contribution is 2.20. The lowest BCUT2D eigenvalue weighted by Crippen LogP contribution is -2.49. The first kappa shape index (κ1) is 22.0. The molecule has 2 aliphatic heterocycles. The maximum absolute atomic E-state index is 12.7. The third-order valence-electron chi connectivity index (χ3n) is 5.48. The number of hydrogen-bond acceptors (Lipinski definition) is 7. The quantitative estimate of drug-likeness (QED) is 0.628. The Bertz CT molecular complexity index is 743. The summed E-state index contributed by atoms with van der Waals surface area (Å²) in [5, 5.41) is 2.95. The van der Waals surface area contributed by atoms with Crippen LogP contribution in [0.3, 0.4) is 0 Å². The number of ether oxygens (including phenoxy) is 2. The fourth-order valence-electron chi connectivity index (χ4n) is 3.75. The van der Waals surface area contributed by atoms with E-state index in [0.29, 0.717) is 56.9 Å². The van der Waals surface area contributed by atoms with Gasteiger partial charge in [0.05, 0.1) is 18.8 Å². The zero-order chi connectivity index (χ0) is 21.3. The number of carbonyl (C=O) groups is 3. The smallest absolute Gasteiger partial charge is 0.305 e. The van der Waals surface area contributed by atoms with E-state index in [-0.39, 0.29) is 30.3 Å². The van der Waals surface area contributed by atoms with Crippen molar-refractivity contribution in [2.24, 2.45) is 0 Å². The minimum atomic E-state index is -0.298. The Balaban J connectivity index is 1.51. The standard InChI is InChI=1S/C21H30N4O5/c1-29-19(27)8-2-7-18(26)24-10-12-25(13-11-24)20-17(6-3-9-22-20)21(28)23-15-16-5-4-14-30-16/h3,6,9,16H,2,4-5,7-8,10-15H2,1H3,(H,23,28)/t16-/m1/s1. The molecule has 1 atom stereocenters. The van der Waals surface area contributed by atoms with E-state index in [4.69, 9.17) is 4.74 Å². The first-order chi connectivity index (χ1) is 14.6. The number of nitrogens with zero attached hydrogens (tertiary/aromatic N) is 3. The summed E-state index contributed by atoms with van der Waals surface area (Å²) in [6.45, 7) is 3.58. The Morgan fingerprint density at radius 3 is 2.73 bits per heavy atom. The van der Waals surface area contributed by atoms with Crippen molar-refractivity contribution in [1.29, 1.82) is 0 Å². The molecule has 0 aromatic carbocycles. The van der Waals surface area contributed by atoms with Gasteiger partial charge in [0.15, 0.2) is 0 Å². The number of carbonyl (C=O) groups excluding carboxylic acids is 3. The highest BCUT2D eigenvalue weighted by molar-refractivity contribution is 5.99. The highest BCUT2D eigenvalue weighted by Gasteiger charge is 2.25. The predicted octanol–water partition coefficient (Wildman–Crippen LogP) is 0.982. The molecule has 0 radical (unpaired) electrons. The van der Waals surface area contributed by atoms with E-state index in [1.54, 1.807) is 23.2 Å². The molecule has 2 aliphatic rings. The number of nitrogens with one attached hydrogen (secondary N) is 1. The normalized spacial score (nSPS) is 18.9. The summed E-state index contributed by atoms with van der Waals surface area (Å²) in [6, 6.07) is 3.53. The van der Waals surface area contributed by atoms with Gasteiger partial charge < -0.3 is 24.6 Å². The number of methoxy groups -OCH3 is 1. The summed E-state index contributed by atoms with van der Waals surface area (Å²) in [4.78, 5) is 44.5. The molecule has 2 fully saturated rings. The van der Waals surface area contributed by atoms with Gasteiger partial charge in [-0.2, -0.15) is 0 Å². The number of amides is 2. The third-order valence-corrected chi connectivity index (χ3v) is 5.48. The van der Waals surface area contributed by atoms with Gasteiger partial charge in [-0.05, 0) is 31.4 Å². The van der Waals surface area contributed by atoms with Crippen molar-refractivity contribution in [3.05, 3.63) is 23.9 Å². The first-order valence-corrected chi connectivity index (χ1v) is 10.5. The molecule has 3 rings (SSSR count). The first-order valence-electron chi connectivity index (χ1n) is 10.5. The van der Waals surface area contributed by atoms with Crippen molar-refractivity contribution >= 4 is 23.6 Å². The lowest BCUT2D eigenvalue weighted by atomic mass is 10.1. The van der Waals surface area contributed by atoms with Crippen LogP contribution in [0.25, 0.3) is 0 Å². The van der Waals surface area contributed by atoms with Crippen LogP contribution in [0.1, 0.15) is 42.5 Å². The van der Waals surface area contributed by atoms with E-state index in [9.17, 15) is 14.4 Å². The molecule has 2 saturated heterocycles. The molecular formula is C21H30N4O5. The van der Waals surface area contributed by atoms with Gasteiger partial charge in [-0.25, -0.2) is 4.98 Å². The van der Waals surface area contributed by atoms with Crippen molar-refractivity contribution in [3.63, 3.8) is 0 Å². The monoisotopic (exact) mass is 418 g/mol. The van der Waals surface area contributed by atoms with Crippen molar-refractivity contribution < 1.29 is 23.9 Å². The molecule has 9 heteroatoms. The molecule has 2 amide bonds. The van der Waals surface area contributed by atoms with Crippen LogP contribution in [0.5, 0.6) is 0 Å². The molecule has 3 heterocycles. The maximum Gasteiger partial charge on any atom is 0.305 e. The van der Waals surface area contributed by atoms with Gasteiger partial charge in [0.2, 0.25) is 5.91 Å². The Hall–Kier alpha value is -2.68. The zero-order valence-electron chi connectivity index (χ0n) is 17.5. The molecule has 1 aromatic heterocycles. The minimum Gasteiger partial charge on any atom is -0.469 e. The lowest BCUT2D eigenvalue weighted by molar-refractivity contribution is -0.140. The Morgan fingerprint density at radius 1 is 1.23 bits per heavy atom. The van der Waals surface area contributed by atoms with E-state index in [1.807, 2.05) is 4.90 Å². The Morgan fingerprint density at radius 2 is 2.03 bits per heavy atom. The molecule has 0 aliphatic carbocycles. The van der Waals surface area contributed by atoms with Crippen LogP contribution in [0, 0.1) is 0 Å². The largest absolute Gasteiger partial charge is 0.469 e. The fraction of sp³-hybridized carbons (Fsp3) is 0.619. The van der Waals surface area contributed by atoms with Crippen LogP contribution in [0.15, 0.2) is 18.3 Å². The Kier molecular flexibility index (Phi) is 8.01. The topological polar surface area (TPSA) is 101 Å². The van der Waals surface area contributed by atoms with Gasteiger partial charge in [0.25, 0.3) is 5.91 Å². The average molecular weight is 418 g/mol. The van der Waals surface area contributed by atoms with Crippen molar-refractivity contribution in [1.82, 2.24) is 15.2 Å². The number of rotatable bonds is 8. The number of esters is 1. The van der Waals surface area contributed by atoms with E-state index in [1.165, 1.54) is 7.11 Å². The number of pyridine rings is 1. The van der Waals surface area contributed by atoms with Crippen LogP contribution < -0.4 is 10.2 Å². The SMILES string of the molecule is COC(=O)CCCC(=O)N1CCN(c2ncccc2C(=O)NC[C@H]2CCCO2)CC1. The number of hydrogen-bond donors (Lipinski definition) is 1. The summed E-state index contributed by atoms with van der Waals surface area (Å²) < 4.78 is 10.2. The van der Waals surface area contributed by atoms with Crippen LogP contribution in [0.4, 0.5) is 5.82 Å². The molecule has 0 saturated carbocycles. The minimum absolute atomic E-state index is 0.0362. The van der Waals surface area contributed by atoms with Crippen molar-refractivity contribution in [2.45, 2.75) is 38.2 Å².